The third-order valence-electron chi connectivity index (χ3n) is 4.16. The Morgan fingerprint density at radius 1 is 1.36 bits per heavy atom. The lowest BCUT2D eigenvalue weighted by Crippen LogP contribution is -2.39. The van der Waals surface area contributed by atoms with E-state index in [-0.39, 0.29) is 11.7 Å². The molecule has 7 heteroatoms. The van der Waals surface area contributed by atoms with E-state index in [4.69, 9.17) is 21.1 Å². The van der Waals surface area contributed by atoms with Gasteiger partial charge in [0.2, 0.25) is 0 Å². The third-order valence-corrected chi connectivity index (χ3v) is 5.05. The smallest absolute Gasteiger partial charge is 0.327 e. The number of benzene rings is 1. The Kier molecular flexibility index (Phi) is 7.14. The van der Waals surface area contributed by atoms with E-state index in [1.165, 1.54) is 14.2 Å². The molecule has 0 aromatic heterocycles. The molecule has 2 rings (SSSR count). The molecule has 1 heterocycles. The molecule has 1 aromatic carbocycles. The molecule has 0 bridgehead atoms. The Morgan fingerprint density at radius 3 is 2.68 bits per heavy atom. The first kappa shape index (κ1) is 19.6. The minimum Gasteiger partial charge on any atom is -0.489 e. The van der Waals surface area contributed by atoms with E-state index in [1.54, 1.807) is 12.0 Å². The molecule has 134 valence electrons. The average molecular weight is 382 g/mol. The molecule has 0 unspecified atom stereocenters. The van der Waals surface area contributed by atoms with Gasteiger partial charge in [-0.3, -0.25) is 4.90 Å². The number of rotatable bonds is 6. The Hall–Kier alpha value is -1.72. The highest BCUT2D eigenvalue weighted by Gasteiger charge is 2.33. The van der Waals surface area contributed by atoms with Gasteiger partial charge in [0, 0.05) is 24.5 Å². The van der Waals surface area contributed by atoms with Crippen LogP contribution in [0.5, 0.6) is 0 Å². The summed E-state index contributed by atoms with van der Waals surface area (Å²) in [6.45, 7) is 1.08. The van der Waals surface area contributed by atoms with E-state index in [2.05, 4.69) is 12.6 Å². The van der Waals surface area contributed by atoms with Gasteiger partial charge in [0.15, 0.2) is 11.7 Å². The number of esters is 1. The number of carbonyl (C=O) groups excluding carboxylic acids is 2. The van der Waals surface area contributed by atoms with E-state index in [1.807, 2.05) is 23.1 Å². The van der Waals surface area contributed by atoms with Crippen LogP contribution < -0.4 is 0 Å². The van der Waals surface area contributed by atoms with Crippen LogP contribution >= 0.6 is 24.2 Å². The number of halogens is 1. The minimum absolute atomic E-state index is 0.204. The van der Waals surface area contributed by atoms with E-state index in [9.17, 15) is 9.59 Å². The summed E-state index contributed by atoms with van der Waals surface area (Å²) in [6, 6.07) is 6.58. The number of thiol groups is 1. The van der Waals surface area contributed by atoms with Crippen molar-refractivity contribution in [1.82, 2.24) is 4.90 Å². The molecule has 1 atom stereocenters. The molecule has 0 radical (unpaired) electrons. The van der Waals surface area contributed by atoms with Crippen molar-refractivity contribution in [2.45, 2.75) is 18.9 Å². The molecule has 0 saturated heterocycles. The maximum atomic E-state index is 12.4. The third kappa shape index (κ3) is 4.67. The van der Waals surface area contributed by atoms with Crippen molar-refractivity contribution in [3.05, 3.63) is 51.1 Å². The van der Waals surface area contributed by atoms with Gasteiger partial charge in [0.1, 0.15) is 6.04 Å². The van der Waals surface area contributed by atoms with E-state index >= 15 is 0 Å². The number of hydrogen-bond acceptors (Lipinski definition) is 6. The zero-order valence-electron chi connectivity index (χ0n) is 14.1. The second-order valence-corrected chi connectivity index (χ2v) is 6.57. The van der Waals surface area contributed by atoms with E-state index in [0.717, 1.165) is 10.5 Å². The van der Waals surface area contributed by atoms with Crippen molar-refractivity contribution in [2.75, 3.05) is 27.3 Å². The van der Waals surface area contributed by atoms with Crippen LogP contribution in [0.1, 0.15) is 24.4 Å². The lowest BCUT2D eigenvalue weighted by atomic mass is 9.99. The Morgan fingerprint density at radius 2 is 2.08 bits per heavy atom. The van der Waals surface area contributed by atoms with Crippen LogP contribution in [0.3, 0.4) is 0 Å². The number of nitrogens with zero attached hydrogens (tertiary/aromatic N) is 1. The second kappa shape index (κ2) is 9.11. The van der Waals surface area contributed by atoms with Gasteiger partial charge in [-0.2, -0.15) is 0 Å². The van der Waals surface area contributed by atoms with Gasteiger partial charge >= 0.3 is 5.97 Å². The molecule has 0 spiro atoms. The molecule has 0 aliphatic carbocycles. The predicted octanol–water partition coefficient (Wildman–Crippen LogP) is 3.20. The molecule has 0 fully saturated rings. The Balaban J connectivity index is 2.32. The van der Waals surface area contributed by atoms with Crippen molar-refractivity contribution in [3.63, 3.8) is 0 Å². The summed E-state index contributed by atoms with van der Waals surface area (Å²) in [4.78, 5) is 26.2. The fraction of sp³-hybridized carbons (Fsp3) is 0.389. The number of allylic oxidation sites excluding steroid dienone is 1. The van der Waals surface area contributed by atoms with Crippen molar-refractivity contribution in [1.29, 1.82) is 0 Å². The van der Waals surface area contributed by atoms with Gasteiger partial charge in [-0.15, -0.1) is 12.6 Å². The first-order chi connectivity index (χ1) is 12.0. The number of methoxy groups -OCH3 is 2. The SMILES string of the molecule is COC(=O)[C@H](c1ccccc1Cl)N1CCC(S)=C(CC(=C=O)OC)C1. The molecule has 0 N–H and O–H groups in total. The maximum Gasteiger partial charge on any atom is 0.327 e. The molecule has 5 nitrogen and oxygen atoms in total. The van der Waals surface area contributed by atoms with Gasteiger partial charge in [-0.05, 0) is 28.5 Å². The Bertz CT molecular complexity index is 728. The molecular weight excluding hydrogens is 362 g/mol. The van der Waals surface area contributed by atoms with Crippen LogP contribution in [0.25, 0.3) is 0 Å². The average Bonchev–Trinajstić information content (AvgIpc) is 2.63. The van der Waals surface area contributed by atoms with Crippen LogP contribution in [0, 0.1) is 0 Å². The quantitative estimate of drug-likeness (QED) is 0.355. The van der Waals surface area contributed by atoms with Crippen molar-refractivity contribution in [3.8, 4) is 0 Å². The zero-order valence-corrected chi connectivity index (χ0v) is 15.8. The fourth-order valence-corrected chi connectivity index (χ4v) is 3.33. The first-order valence-corrected chi connectivity index (χ1v) is 8.58. The molecule has 0 amide bonds. The summed E-state index contributed by atoms with van der Waals surface area (Å²) in [7, 11) is 2.79. The highest BCUT2D eigenvalue weighted by molar-refractivity contribution is 7.84. The maximum absolute atomic E-state index is 12.4. The lowest BCUT2D eigenvalue weighted by molar-refractivity contribution is -0.147. The van der Waals surface area contributed by atoms with Crippen molar-refractivity contribution in [2.24, 2.45) is 0 Å². The van der Waals surface area contributed by atoms with Crippen LogP contribution in [0.4, 0.5) is 0 Å². The van der Waals surface area contributed by atoms with Crippen LogP contribution in [0.15, 0.2) is 40.5 Å². The summed E-state index contributed by atoms with van der Waals surface area (Å²) in [5, 5.41) is 0.505. The fourth-order valence-electron chi connectivity index (χ4n) is 2.85. The van der Waals surface area contributed by atoms with Crippen LogP contribution in [-0.4, -0.2) is 44.1 Å². The molecule has 1 aliphatic rings. The normalized spacial score (nSPS) is 16.2. The highest BCUT2D eigenvalue weighted by Crippen LogP contribution is 2.34. The van der Waals surface area contributed by atoms with Crippen molar-refractivity contribution < 1.29 is 19.1 Å². The standard InChI is InChI=1S/C18H20ClNO4S/c1-23-13(11-21)9-12-10-20(8-7-16(12)25)17(18(22)24-2)14-5-3-4-6-15(14)19/h3-6,17,25H,7-10H2,1-2H3/t17-/m0/s1. The van der Waals surface area contributed by atoms with Gasteiger partial charge in [0.25, 0.3) is 0 Å². The number of carbonyl (C=O) groups is 1. The molecule has 25 heavy (non-hydrogen) atoms. The van der Waals surface area contributed by atoms with Gasteiger partial charge in [0.05, 0.1) is 14.2 Å². The van der Waals surface area contributed by atoms with Crippen molar-refractivity contribution >= 4 is 36.1 Å². The molecule has 0 saturated carbocycles. The van der Waals surface area contributed by atoms with Crippen LogP contribution in [0.2, 0.25) is 5.02 Å². The minimum atomic E-state index is -0.624. The summed E-state index contributed by atoms with van der Waals surface area (Å²) >= 11 is 10.8. The summed E-state index contributed by atoms with van der Waals surface area (Å²) in [5.41, 5.74) is 1.60. The summed E-state index contributed by atoms with van der Waals surface area (Å²) < 4.78 is 10.0. The number of ether oxygens (including phenoxy) is 2. The van der Waals surface area contributed by atoms with Gasteiger partial charge < -0.3 is 9.47 Å². The first-order valence-electron chi connectivity index (χ1n) is 7.76. The molecule has 1 aliphatic heterocycles. The number of hydrogen-bond donors (Lipinski definition) is 1. The van der Waals surface area contributed by atoms with E-state index in [0.29, 0.717) is 36.5 Å². The summed E-state index contributed by atoms with van der Waals surface area (Å²) in [6.07, 6.45) is 0.970. The Labute approximate surface area is 157 Å². The van der Waals surface area contributed by atoms with Gasteiger partial charge in [-0.25, -0.2) is 9.59 Å². The summed E-state index contributed by atoms with van der Waals surface area (Å²) in [5.74, 6) is 1.61. The molecule has 1 aromatic rings. The second-order valence-electron chi connectivity index (χ2n) is 5.62. The lowest BCUT2D eigenvalue weighted by Gasteiger charge is -2.35. The monoisotopic (exact) mass is 381 g/mol. The zero-order chi connectivity index (χ0) is 18.4. The van der Waals surface area contributed by atoms with E-state index < -0.39 is 6.04 Å². The predicted molar refractivity (Wildman–Crippen MR) is 99.2 cm³/mol. The highest BCUT2D eigenvalue weighted by atomic mass is 35.5. The largest absolute Gasteiger partial charge is 0.489 e. The van der Waals surface area contributed by atoms with Crippen LogP contribution in [-0.2, 0) is 19.1 Å². The molecular formula is C18H20ClNO4S. The van der Waals surface area contributed by atoms with Gasteiger partial charge in [-0.1, -0.05) is 29.8 Å². The topological polar surface area (TPSA) is 55.8 Å².